The van der Waals surface area contributed by atoms with Crippen LogP contribution in [0.25, 0.3) is 5.70 Å². The van der Waals surface area contributed by atoms with Crippen LogP contribution in [0.4, 0.5) is 0 Å². The number of aliphatic imine (C=N–C) groups is 1. The first-order valence-electron chi connectivity index (χ1n) is 10.9. The van der Waals surface area contributed by atoms with Gasteiger partial charge in [0.2, 0.25) is 5.90 Å². The van der Waals surface area contributed by atoms with Crippen molar-refractivity contribution in [2.45, 2.75) is 25.9 Å². The number of hydrogen-bond donors (Lipinski definition) is 3. The number of aliphatic hydroxyl groups is 2. The van der Waals surface area contributed by atoms with E-state index in [9.17, 15) is 10.4 Å². The van der Waals surface area contributed by atoms with Crippen molar-refractivity contribution < 1.29 is 19.8 Å². The van der Waals surface area contributed by atoms with Crippen molar-refractivity contribution in [1.82, 2.24) is 4.90 Å². The van der Waals surface area contributed by atoms with Gasteiger partial charge >= 0.3 is 0 Å². The number of fused-ring (bicyclic) bond motifs is 1. The maximum atomic E-state index is 9.75. The summed E-state index contributed by atoms with van der Waals surface area (Å²) in [7, 11) is 0. The van der Waals surface area contributed by atoms with Crippen molar-refractivity contribution in [3.05, 3.63) is 70.8 Å². The number of aliphatic hydroxyl groups excluding tert-OH is 2. The van der Waals surface area contributed by atoms with Crippen LogP contribution in [0.15, 0.2) is 48.0 Å². The van der Waals surface area contributed by atoms with Crippen LogP contribution in [0.1, 0.15) is 34.7 Å². The van der Waals surface area contributed by atoms with Gasteiger partial charge in [0.15, 0.2) is 0 Å². The first-order valence-corrected chi connectivity index (χ1v) is 10.9. The molecule has 0 aromatic heterocycles. The molecule has 0 fully saturated rings. The van der Waals surface area contributed by atoms with Crippen LogP contribution in [-0.2, 0) is 17.7 Å². The van der Waals surface area contributed by atoms with E-state index in [-0.39, 0.29) is 12.5 Å². The molecule has 0 saturated carbocycles. The van der Waals surface area contributed by atoms with Gasteiger partial charge in [-0.05, 0) is 60.7 Å². The van der Waals surface area contributed by atoms with Gasteiger partial charge in [-0.3, -0.25) is 0 Å². The van der Waals surface area contributed by atoms with Crippen molar-refractivity contribution in [3.63, 3.8) is 0 Å². The van der Waals surface area contributed by atoms with Gasteiger partial charge in [-0.15, -0.1) is 0 Å². The van der Waals surface area contributed by atoms with Crippen LogP contribution in [0.5, 0.6) is 5.75 Å². The first kappa shape index (κ1) is 24.4. The van der Waals surface area contributed by atoms with Crippen molar-refractivity contribution in [2.75, 3.05) is 32.8 Å². The van der Waals surface area contributed by atoms with Crippen LogP contribution in [0.2, 0.25) is 0 Å². The van der Waals surface area contributed by atoms with E-state index in [1.54, 1.807) is 18.2 Å². The summed E-state index contributed by atoms with van der Waals surface area (Å²) in [6, 6.07) is 13.3. The van der Waals surface area contributed by atoms with E-state index in [1.165, 1.54) is 11.1 Å². The topological polar surface area (TPSA) is 124 Å². The highest BCUT2D eigenvalue weighted by molar-refractivity contribution is 5.97. The number of nitriles is 1. The minimum Gasteiger partial charge on any atom is -0.492 e. The maximum absolute atomic E-state index is 9.75. The van der Waals surface area contributed by atoms with E-state index in [4.69, 9.17) is 20.6 Å². The summed E-state index contributed by atoms with van der Waals surface area (Å²) in [5.74, 6) is 6.13. The average molecular weight is 451 g/mol. The van der Waals surface area contributed by atoms with Crippen molar-refractivity contribution in [3.8, 4) is 11.8 Å². The fraction of sp³-hybridized carbons (Fsp3) is 0.360. The molecule has 174 valence electrons. The summed E-state index contributed by atoms with van der Waals surface area (Å²) in [5, 5.41) is 28.3. The zero-order valence-electron chi connectivity index (χ0n) is 18.8. The predicted octanol–water partition coefficient (Wildman–Crippen LogP) is 2.02. The fourth-order valence-corrected chi connectivity index (χ4v) is 3.87. The number of benzene rings is 2. The van der Waals surface area contributed by atoms with E-state index < -0.39 is 6.10 Å². The molecule has 8 nitrogen and oxygen atoms in total. The molecule has 1 aliphatic rings. The average Bonchev–Trinajstić information content (AvgIpc) is 3.04. The minimum absolute atomic E-state index is 0.152. The molecule has 0 saturated heterocycles. The number of hydrogen-bond acceptors (Lipinski definition) is 8. The zero-order valence-corrected chi connectivity index (χ0v) is 18.8. The normalized spacial score (nSPS) is 15.2. The lowest BCUT2D eigenvalue weighted by Crippen LogP contribution is -2.35. The van der Waals surface area contributed by atoms with E-state index in [1.807, 2.05) is 13.0 Å². The molecule has 0 spiro atoms. The maximum Gasteiger partial charge on any atom is 0.245 e. The van der Waals surface area contributed by atoms with Crippen LogP contribution < -0.4 is 10.6 Å². The largest absolute Gasteiger partial charge is 0.492 e. The van der Waals surface area contributed by atoms with Gasteiger partial charge in [0.25, 0.3) is 0 Å². The molecular formula is C25H30N4O4. The molecule has 1 atom stereocenters. The van der Waals surface area contributed by atoms with E-state index in [2.05, 4.69) is 34.7 Å². The lowest BCUT2D eigenvalue weighted by atomic mass is 9.99. The molecule has 33 heavy (non-hydrogen) atoms. The molecule has 1 heterocycles. The van der Waals surface area contributed by atoms with Gasteiger partial charge in [-0.1, -0.05) is 18.7 Å². The summed E-state index contributed by atoms with van der Waals surface area (Å²) in [5.41, 5.74) is 4.70. The number of rotatable bonds is 8. The Hall–Kier alpha value is -3.22. The molecule has 0 radical (unpaired) electrons. The molecule has 8 heteroatoms. The smallest absolute Gasteiger partial charge is 0.245 e. The molecule has 3 rings (SSSR count). The monoisotopic (exact) mass is 450 g/mol. The molecule has 4 N–H and O–H groups in total. The zero-order chi connectivity index (χ0) is 23.8. The second-order valence-corrected chi connectivity index (χ2v) is 7.86. The summed E-state index contributed by atoms with van der Waals surface area (Å²) in [6.07, 6.45) is 0.960. The molecule has 0 bridgehead atoms. The Bertz CT molecular complexity index is 1060. The SMILES string of the molecule is C=C(N=C(ON)c1ccc(OCC)c(C#N)c1)c1ccc2c(c1)CCN(CC(O)CO)CC2. The Morgan fingerprint density at radius 1 is 1.21 bits per heavy atom. The lowest BCUT2D eigenvalue weighted by molar-refractivity contribution is 0.0605. The second kappa shape index (κ2) is 11.6. The molecule has 2 aromatic rings. The summed E-state index contributed by atoms with van der Waals surface area (Å²) in [6.45, 7) is 8.23. The van der Waals surface area contributed by atoms with Crippen molar-refractivity contribution >= 4 is 11.6 Å². The van der Waals surface area contributed by atoms with E-state index in [0.717, 1.165) is 31.5 Å². The minimum atomic E-state index is -0.727. The summed E-state index contributed by atoms with van der Waals surface area (Å²) >= 11 is 0. The fourth-order valence-electron chi connectivity index (χ4n) is 3.87. The van der Waals surface area contributed by atoms with Crippen LogP contribution in [-0.4, -0.2) is 60.0 Å². The van der Waals surface area contributed by atoms with Gasteiger partial charge in [0.05, 0.1) is 30.6 Å². The van der Waals surface area contributed by atoms with Crippen LogP contribution in [0, 0.1) is 11.3 Å². The van der Waals surface area contributed by atoms with E-state index in [0.29, 0.717) is 35.7 Å². The van der Waals surface area contributed by atoms with E-state index >= 15 is 0 Å². The standard InChI is InChI=1S/C25H30N4O4/c1-3-32-24-7-6-21(13-22(24)14-26)25(33-27)28-17(2)19-5-4-18-8-10-29(15-23(31)16-30)11-9-20(18)12-19/h4-7,12-13,23,30-31H,2-3,8-11,15-16,27H2,1H3. The quantitative estimate of drug-likeness (QED) is 0.319. The number of nitrogens with zero attached hydrogens (tertiary/aromatic N) is 3. The van der Waals surface area contributed by atoms with Crippen molar-refractivity contribution in [2.24, 2.45) is 10.9 Å². The molecule has 0 aliphatic carbocycles. The Kier molecular flexibility index (Phi) is 8.58. The highest BCUT2D eigenvalue weighted by Gasteiger charge is 2.17. The Morgan fingerprint density at radius 3 is 2.61 bits per heavy atom. The highest BCUT2D eigenvalue weighted by Crippen LogP contribution is 2.24. The van der Waals surface area contributed by atoms with Gasteiger partial charge in [0.1, 0.15) is 11.8 Å². The summed E-state index contributed by atoms with van der Waals surface area (Å²) in [4.78, 5) is 11.6. The number of ether oxygens (including phenoxy) is 1. The molecule has 0 amide bonds. The Labute approximate surface area is 194 Å². The van der Waals surface area contributed by atoms with Gasteiger partial charge in [0, 0.05) is 25.2 Å². The van der Waals surface area contributed by atoms with Gasteiger partial charge in [-0.2, -0.15) is 11.2 Å². The van der Waals surface area contributed by atoms with Crippen LogP contribution >= 0.6 is 0 Å². The molecule has 1 aliphatic heterocycles. The number of β-amino-alcohol motifs (C(OH)–C–C–N with tert-alkyl or cyclic N) is 1. The van der Waals surface area contributed by atoms with Gasteiger partial charge < -0.3 is 24.7 Å². The Balaban J connectivity index is 1.79. The molecule has 1 unspecified atom stereocenters. The highest BCUT2D eigenvalue weighted by atomic mass is 16.6. The Morgan fingerprint density at radius 2 is 1.94 bits per heavy atom. The lowest BCUT2D eigenvalue weighted by Gasteiger charge is -2.21. The summed E-state index contributed by atoms with van der Waals surface area (Å²) < 4.78 is 5.46. The first-order chi connectivity index (χ1) is 16.0. The molecule has 2 aromatic carbocycles. The third-order valence-electron chi connectivity index (χ3n) is 5.61. The van der Waals surface area contributed by atoms with Crippen LogP contribution in [0.3, 0.4) is 0 Å². The predicted molar refractivity (Wildman–Crippen MR) is 127 cm³/mol. The molecular weight excluding hydrogens is 420 g/mol. The third kappa shape index (κ3) is 6.18. The number of nitrogens with two attached hydrogens (primary N) is 1. The second-order valence-electron chi connectivity index (χ2n) is 7.86. The third-order valence-corrected chi connectivity index (χ3v) is 5.61. The van der Waals surface area contributed by atoms with Crippen molar-refractivity contribution in [1.29, 1.82) is 5.26 Å². The van der Waals surface area contributed by atoms with Gasteiger partial charge in [-0.25, -0.2) is 4.99 Å².